The quantitative estimate of drug-likeness (QED) is 0.634. The Morgan fingerprint density at radius 3 is 2.13 bits per heavy atom. The van der Waals surface area contributed by atoms with E-state index in [-0.39, 0.29) is 48.2 Å². The van der Waals surface area contributed by atoms with Gasteiger partial charge in [-0.1, -0.05) is 24.3 Å². The van der Waals surface area contributed by atoms with Gasteiger partial charge in [0.1, 0.15) is 22.3 Å². The summed E-state index contributed by atoms with van der Waals surface area (Å²) >= 11 is 0. The molecule has 0 unspecified atom stereocenters. The molecule has 0 radical (unpaired) electrons. The number of halogens is 2. The molecule has 0 spiro atoms. The Bertz CT molecular complexity index is 1180. The summed E-state index contributed by atoms with van der Waals surface area (Å²) in [7, 11) is -3.99. The molecule has 1 aliphatic heterocycles. The molecule has 2 aromatic carbocycles. The van der Waals surface area contributed by atoms with E-state index in [0.29, 0.717) is 0 Å². The zero-order valence-corrected chi connectivity index (χ0v) is 16.6. The van der Waals surface area contributed by atoms with Crippen LogP contribution in [0.25, 0.3) is 11.3 Å². The predicted octanol–water partition coefficient (Wildman–Crippen LogP) is 3.37. The van der Waals surface area contributed by atoms with Crippen molar-refractivity contribution in [2.75, 3.05) is 26.2 Å². The minimum atomic E-state index is -3.99. The Hall–Kier alpha value is -3.04. The van der Waals surface area contributed by atoms with Gasteiger partial charge in [0.15, 0.2) is 5.76 Å². The fourth-order valence-electron chi connectivity index (χ4n) is 3.34. The van der Waals surface area contributed by atoms with E-state index >= 15 is 0 Å². The van der Waals surface area contributed by atoms with Crippen LogP contribution in [0.5, 0.6) is 0 Å². The van der Waals surface area contributed by atoms with Crippen molar-refractivity contribution in [3.8, 4) is 11.3 Å². The predicted molar refractivity (Wildman–Crippen MR) is 105 cm³/mol. The van der Waals surface area contributed by atoms with Gasteiger partial charge in [-0.2, -0.15) is 4.31 Å². The summed E-state index contributed by atoms with van der Waals surface area (Å²) in [5, 5.41) is 0. The topological polar surface area (TPSA) is 70.8 Å². The van der Waals surface area contributed by atoms with Crippen molar-refractivity contribution < 1.29 is 26.4 Å². The molecule has 1 saturated heterocycles. The third-order valence-electron chi connectivity index (χ3n) is 4.94. The minimum absolute atomic E-state index is 0.0310. The summed E-state index contributed by atoms with van der Waals surface area (Å²) in [4.78, 5) is 13.8. The van der Waals surface area contributed by atoms with Gasteiger partial charge < -0.3 is 9.32 Å². The molecule has 6 nitrogen and oxygen atoms in total. The van der Waals surface area contributed by atoms with Crippen LogP contribution >= 0.6 is 0 Å². The lowest BCUT2D eigenvalue weighted by Crippen LogP contribution is -2.50. The number of carbonyl (C=O) groups excluding carboxylic acids is 1. The molecule has 3 aromatic rings. The summed E-state index contributed by atoms with van der Waals surface area (Å²) in [5.41, 5.74) is 0.248. The van der Waals surface area contributed by atoms with E-state index in [1.54, 1.807) is 18.2 Å². The van der Waals surface area contributed by atoms with E-state index in [9.17, 15) is 22.0 Å². The highest BCUT2D eigenvalue weighted by Crippen LogP contribution is 2.26. The molecular weight excluding hydrogens is 414 g/mol. The molecule has 1 aliphatic rings. The largest absolute Gasteiger partial charge is 0.451 e. The summed E-state index contributed by atoms with van der Waals surface area (Å²) in [6.07, 6.45) is 0. The van der Waals surface area contributed by atoms with Gasteiger partial charge in [-0.3, -0.25) is 4.79 Å². The third kappa shape index (κ3) is 3.73. The minimum Gasteiger partial charge on any atom is -0.451 e. The monoisotopic (exact) mass is 432 g/mol. The van der Waals surface area contributed by atoms with E-state index in [4.69, 9.17) is 4.42 Å². The van der Waals surface area contributed by atoms with Crippen LogP contribution in [0, 0.1) is 11.6 Å². The van der Waals surface area contributed by atoms with E-state index in [1.807, 2.05) is 0 Å². The molecule has 0 N–H and O–H groups in total. The molecule has 0 bridgehead atoms. The first-order chi connectivity index (χ1) is 14.4. The van der Waals surface area contributed by atoms with Crippen molar-refractivity contribution >= 4 is 15.9 Å². The number of rotatable bonds is 4. The number of carbonyl (C=O) groups is 1. The number of furan rings is 1. The van der Waals surface area contributed by atoms with Crippen molar-refractivity contribution in [3.05, 3.63) is 78.1 Å². The molecule has 30 heavy (non-hydrogen) atoms. The van der Waals surface area contributed by atoms with Gasteiger partial charge >= 0.3 is 0 Å². The normalized spacial score (nSPS) is 15.3. The van der Waals surface area contributed by atoms with Gasteiger partial charge in [0, 0.05) is 26.2 Å². The Labute approximate surface area is 172 Å². The Kier molecular flexibility index (Phi) is 5.40. The maximum atomic E-state index is 13.9. The molecular formula is C21H18F2N2O4S. The molecule has 9 heteroatoms. The number of sulfonamides is 1. The molecule has 1 fully saturated rings. The van der Waals surface area contributed by atoms with Crippen LogP contribution in [0.3, 0.4) is 0 Å². The average Bonchev–Trinajstić information content (AvgIpc) is 3.24. The van der Waals surface area contributed by atoms with E-state index in [2.05, 4.69) is 0 Å². The fourth-order valence-corrected chi connectivity index (χ4v) is 4.83. The lowest BCUT2D eigenvalue weighted by Gasteiger charge is -2.33. The number of amides is 1. The number of piperazine rings is 1. The van der Waals surface area contributed by atoms with Crippen molar-refractivity contribution in [2.45, 2.75) is 4.90 Å². The van der Waals surface area contributed by atoms with Crippen molar-refractivity contribution in [3.63, 3.8) is 0 Å². The maximum absolute atomic E-state index is 13.9. The van der Waals surface area contributed by atoms with E-state index in [1.165, 1.54) is 41.3 Å². The number of nitrogens with zero attached hydrogens (tertiary/aromatic N) is 2. The van der Waals surface area contributed by atoms with Crippen LogP contribution in [-0.2, 0) is 10.0 Å². The maximum Gasteiger partial charge on any atom is 0.289 e. The summed E-state index contributed by atoms with van der Waals surface area (Å²) in [6, 6.07) is 14.2. The Morgan fingerprint density at radius 1 is 0.833 bits per heavy atom. The van der Waals surface area contributed by atoms with Crippen LogP contribution in [0.15, 0.2) is 70.0 Å². The van der Waals surface area contributed by atoms with Crippen molar-refractivity contribution in [1.82, 2.24) is 9.21 Å². The zero-order chi connectivity index (χ0) is 21.3. The highest BCUT2D eigenvalue weighted by molar-refractivity contribution is 7.89. The SMILES string of the molecule is O=C(c1ccc(-c2ccccc2F)o1)N1CCN(S(=O)(=O)c2ccccc2F)CC1. The molecule has 2 heterocycles. The molecule has 1 aromatic heterocycles. The van der Waals surface area contributed by atoms with Gasteiger partial charge in [0.05, 0.1) is 5.56 Å². The molecule has 0 atom stereocenters. The first-order valence-electron chi connectivity index (χ1n) is 9.26. The standard InChI is InChI=1S/C21H18F2N2O4S/c22-16-6-2-1-5-15(16)18-9-10-19(29-18)21(26)24-11-13-25(14-12-24)30(27,28)20-8-4-3-7-17(20)23/h1-10H,11-14H2. The van der Waals surface area contributed by atoms with E-state index < -0.39 is 27.6 Å². The van der Waals surface area contributed by atoms with Gasteiger partial charge in [-0.15, -0.1) is 0 Å². The second-order valence-corrected chi connectivity index (χ2v) is 8.68. The lowest BCUT2D eigenvalue weighted by molar-refractivity contribution is 0.0666. The molecule has 1 amide bonds. The molecule has 4 rings (SSSR count). The Balaban J connectivity index is 1.45. The lowest BCUT2D eigenvalue weighted by atomic mass is 10.1. The van der Waals surface area contributed by atoms with Crippen LogP contribution < -0.4 is 0 Å². The van der Waals surface area contributed by atoms with Crippen LogP contribution in [0.4, 0.5) is 8.78 Å². The molecule has 0 saturated carbocycles. The number of benzene rings is 2. The van der Waals surface area contributed by atoms with Crippen molar-refractivity contribution in [1.29, 1.82) is 0 Å². The Morgan fingerprint density at radius 2 is 1.47 bits per heavy atom. The summed E-state index contributed by atoms with van der Waals surface area (Å²) in [5.74, 6) is -1.42. The number of hydrogen-bond acceptors (Lipinski definition) is 4. The van der Waals surface area contributed by atoms with Gasteiger partial charge in [-0.05, 0) is 36.4 Å². The molecule has 0 aliphatic carbocycles. The summed E-state index contributed by atoms with van der Waals surface area (Å²) < 4.78 is 59.9. The second-order valence-electron chi connectivity index (χ2n) is 6.77. The summed E-state index contributed by atoms with van der Waals surface area (Å²) in [6.45, 7) is 0.317. The van der Waals surface area contributed by atoms with Crippen LogP contribution in [0.1, 0.15) is 10.6 Å². The second kappa shape index (κ2) is 8.00. The smallest absolute Gasteiger partial charge is 0.289 e. The molecule has 156 valence electrons. The van der Waals surface area contributed by atoms with Gasteiger partial charge in [-0.25, -0.2) is 17.2 Å². The first-order valence-corrected chi connectivity index (χ1v) is 10.7. The van der Waals surface area contributed by atoms with Crippen LogP contribution in [-0.4, -0.2) is 49.7 Å². The van der Waals surface area contributed by atoms with Crippen molar-refractivity contribution in [2.24, 2.45) is 0 Å². The zero-order valence-electron chi connectivity index (χ0n) is 15.8. The van der Waals surface area contributed by atoms with Gasteiger partial charge in [0.2, 0.25) is 10.0 Å². The number of hydrogen-bond donors (Lipinski definition) is 0. The fraction of sp³-hybridized carbons (Fsp3) is 0.190. The third-order valence-corrected chi connectivity index (χ3v) is 6.87. The average molecular weight is 432 g/mol. The van der Waals surface area contributed by atoms with Crippen LogP contribution in [0.2, 0.25) is 0 Å². The van der Waals surface area contributed by atoms with Gasteiger partial charge in [0.25, 0.3) is 5.91 Å². The highest BCUT2D eigenvalue weighted by Gasteiger charge is 2.32. The van der Waals surface area contributed by atoms with E-state index in [0.717, 1.165) is 10.4 Å². The highest BCUT2D eigenvalue weighted by atomic mass is 32.2. The first kappa shape index (κ1) is 20.2.